The monoisotopic (exact) mass is 277 g/mol. The third-order valence-corrected chi connectivity index (χ3v) is 3.04. The van der Waals surface area contributed by atoms with Gasteiger partial charge in [0.25, 0.3) is 0 Å². The van der Waals surface area contributed by atoms with Gasteiger partial charge in [-0.1, -0.05) is 19.1 Å². The normalized spacial score (nSPS) is 10.7. The minimum absolute atomic E-state index is 0.168. The van der Waals surface area contributed by atoms with E-state index in [1.54, 1.807) is 0 Å². The second kappa shape index (κ2) is 6.52. The molecule has 1 aromatic carbocycles. The third kappa shape index (κ3) is 3.67. The summed E-state index contributed by atoms with van der Waals surface area (Å²) in [4.78, 5) is 0. The van der Waals surface area contributed by atoms with E-state index < -0.39 is 0 Å². The number of nitrogens with zero attached hydrogens (tertiary/aromatic N) is 2. The van der Waals surface area contributed by atoms with Crippen molar-refractivity contribution in [3.8, 4) is 17.0 Å². The van der Waals surface area contributed by atoms with Crippen LogP contribution < -0.4 is 10.1 Å². The standard InChI is InChI=1S/C14H19N3OS/c1-4-8-15-14-13(16-19-17-14)11-6-5-7-12(9-11)18-10(2)3/h5-7,9-10H,4,8H2,1-3H3,(H,15,17). The molecule has 0 fully saturated rings. The summed E-state index contributed by atoms with van der Waals surface area (Å²) in [7, 11) is 0. The molecule has 1 N–H and O–H groups in total. The summed E-state index contributed by atoms with van der Waals surface area (Å²) < 4.78 is 14.4. The van der Waals surface area contributed by atoms with Gasteiger partial charge in [-0.2, -0.15) is 8.75 Å². The lowest BCUT2D eigenvalue weighted by atomic mass is 10.1. The summed E-state index contributed by atoms with van der Waals surface area (Å²) in [6.07, 6.45) is 1.23. The number of rotatable bonds is 6. The fourth-order valence-corrected chi connectivity index (χ4v) is 2.27. The smallest absolute Gasteiger partial charge is 0.168 e. The molecule has 0 saturated carbocycles. The Morgan fingerprint density at radius 3 is 2.89 bits per heavy atom. The van der Waals surface area contributed by atoms with Crippen LogP contribution in [0.5, 0.6) is 5.75 Å². The fourth-order valence-electron chi connectivity index (χ4n) is 1.73. The van der Waals surface area contributed by atoms with Crippen LogP contribution in [-0.2, 0) is 0 Å². The van der Waals surface area contributed by atoms with Crippen LogP contribution in [-0.4, -0.2) is 21.4 Å². The maximum atomic E-state index is 5.71. The van der Waals surface area contributed by atoms with E-state index in [1.807, 2.05) is 38.1 Å². The Kier molecular flexibility index (Phi) is 4.74. The van der Waals surface area contributed by atoms with Crippen LogP contribution >= 0.6 is 11.7 Å². The second-order valence-corrected chi connectivity index (χ2v) is 5.11. The van der Waals surface area contributed by atoms with Crippen LogP contribution in [0, 0.1) is 0 Å². The van der Waals surface area contributed by atoms with E-state index in [-0.39, 0.29) is 6.10 Å². The predicted molar refractivity (Wildman–Crippen MR) is 79.9 cm³/mol. The molecule has 5 heteroatoms. The molecule has 0 unspecified atom stereocenters. The quantitative estimate of drug-likeness (QED) is 0.872. The number of ether oxygens (including phenoxy) is 1. The van der Waals surface area contributed by atoms with E-state index >= 15 is 0 Å². The molecule has 0 saturated heterocycles. The van der Waals surface area contributed by atoms with E-state index in [9.17, 15) is 0 Å². The van der Waals surface area contributed by atoms with Gasteiger partial charge in [0.1, 0.15) is 11.4 Å². The lowest BCUT2D eigenvalue weighted by Crippen LogP contribution is -2.05. The molecular formula is C14H19N3OS. The Morgan fingerprint density at radius 2 is 2.16 bits per heavy atom. The summed E-state index contributed by atoms with van der Waals surface area (Å²) in [6, 6.07) is 7.98. The van der Waals surface area contributed by atoms with E-state index in [2.05, 4.69) is 21.0 Å². The zero-order valence-corrected chi connectivity index (χ0v) is 12.3. The van der Waals surface area contributed by atoms with Crippen molar-refractivity contribution in [3.05, 3.63) is 24.3 Å². The van der Waals surface area contributed by atoms with Gasteiger partial charge in [0.15, 0.2) is 5.82 Å². The molecule has 0 aliphatic heterocycles. The first-order chi connectivity index (χ1) is 9.20. The Labute approximate surface area is 118 Å². The highest BCUT2D eigenvalue weighted by Crippen LogP contribution is 2.28. The summed E-state index contributed by atoms with van der Waals surface area (Å²) >= 11 is 1.23. The van der Waals surface area contributed by atoms with Gasteiger partial charge < -0.3 is 10.1 Å². The van der Waals surface area contributed by atoms with Gasteiger partial charge in [-0.25, -0.2) is 0 Å². The molecule has 2 aromatic rings. The first-order valence-electron chi connectivity index (χ1n) is 6.54. The molecule has 0 atom stereocenters. The molecular weight excluding hydrogens is 258 g/mol. The summed E-state index contributed by atoms with van der Waals surface area (Å²) in [5.74, 6) is 1.72. The Morgan fingerprint density at radius 1 is 1.32 bits per heavy atom. The average Bonchev–Trinajstić information content (AvgIpc) is 2.84. The van der Waals surface area contributed by atoms with Crippen LogP contribution in [0.2, 0.25) is 0 Å². The molecule has 0 amide bonds. The van der Waals surface area contributed by atoms with Gasteiger partial charge in [0.2, 0.25) is 0 Å². The number of hydrogen-bond acceptors (Lipinski definition) is 5. The Balaban J connectivity index is 2.23. The zero-order valence-electron chi connectivity index (χ0n) is 11.5. The van der Waals surface area contributed by atoms with Crippen molar-refractivity contribution in [3.63, 3.8) is 0 Å². The van der Waals surface area contributed by atoms with Gasteiger partial charge in [0, 0.05) is 12.1 Å². The van der Waals surface area contributed by atoms with Gasteiger partial charge in [-0.3, -0.25) is 0 Å². The fraction of sp³-hybridized carbons (Fsp3) is 0.429. The van der Waals surface area contributed by atoms with Crippen molar-refractivity contribution in [2.75, 3.05) is 11.9 Å². The van der Waals surface area contributed by atoms with Gasteiger partial charge in [-0.15, -0.1) is 0 Å². The van der Waals surface area contributed by atoms with Crippen LogP contribution in [0.25, 0.3) is 11.3 Å². The van der Waals surface area contributed by atoms with Crippen molar-refractivity contribution < 1.29 is 4.74 Å². The number of hydrogen-bond donors (Lipinski definition) is 1. The summed E-state index contributed by atoms with van der Waals surface area (Å²) in [5.41, 5.74) is 1.93. The van der Waals surface area contributed by atoms with E-state index in [0.717, 1.165) is 35.8 Å². The van der Waals surface area contributed by atoms with Crippen molar-refractivity contribution in [1.82, 2.24) is 8.75 Å². The topological polar surface area (TPSA) is 47.0 Å². The number of anilines is 1. The minimum atomic E-state index is 0.168. The molecule has 2 rings (SSSR count). The Hall–Kier alpha value is -1.62. The van der Waals surface area contributed by atoms with Gasteiger partial charge in [-0.05, 0) is 32.4 Å². The lowest BCUT2D eigenvalue weighted by molar-refractivity contribution is 0.242. The lowest BCUT2D eigenvalue weighted by Gasteiger charge is -2.10. The Bertz CT molecular complexity index is 525. The van der Waals surface area contributed by atoms with Crippen molar-refractivity contribution in [2.24, 2.45) is 0 Å². The highest BCUT2D eigenvalue weighted by molar-refractivity contribution is 6.99. The zero-order chi connectivity index (χ0) is 13.7. The average molecular weight is 277 g/mol. The van der Waals surface area contributed by atoms with Crippen LogP contribution in [0.1, 0.15) is 27.2 Å². The molecule has 0 spiro atoms. The maximum Gasteiger partial charge on any atom is 0.168 e. The largest absolute Gasteiger partial charge is 0.491 e. The number of nitrogens with one attached hydrogen (secondary N) is 1. The first-order valence-corrected chi connectivity index (χ1v) is 7.27. The van der Waals surface area contributed by atoms with Crippen LogP contribution in [0.3, 0.4) is 0 Å². The molecule has 19 heavy (non-hydrogen) atoms. The molecule has 0 aliphatic carbocycles. The van der Waals surface area contributed by atoms with Crippen molar-refractivity contribution in [1.29, 1.82) is 0 Å². The summed E-state index contributed by atoms with van der Waals surface area (Å²) in [5, 5.41) is 3.30. The maximum absolute atomic E-state index is 5.71. The van der Waals surface area contributed by atoms with Crippen molar-refractivity contribution >= 4 is 17.5 Å². The highest BCUT2D eigenvalue weighted by Gasteiger charge is 2.11. The number of aromatic nitrogens is 2. The van der Waals surface area contributed by atoms with Crippen LogP contribution in [0.4, 0.5) is 5.82 Å². The van der Waals surface area contributed by atoms with Crippen molar-refractivity contribution in [2.45, 2.75) is 33.3 Å². The molecule has 1 heterocycles. The third-order valence-electron chi connectivity index (χ3n) is 2.51. The minimum Gasteiger partial charge on any atom is -0.491 e. The molecule has 0 bridgehead atoms. The van der Waals surface area contributed by atoms with E-state index in [0.29, 0.717) is 0 Å². The summed E-state index contributed by atoms with van der Waals surface area (Å²) in [6.45, 7) is 7.07. The molecule has 0 aliphatic rings. The molecule has 102 valence electrons. The first kappa shape index (κ1) is 13.8. The molecule has 0 radical (unpaired) electrons. The van der Waals surface area contributed by atoms with E-state index in [1.165, 1.54) is 11.7 Å². The van der Waals surface area contributed by atoms with Crippen LogP contribution in [0.15, 0.2) is 24.3 Å². The van der Waals surface area contributed by atoms with Gasteiger partial charge >= 0.3 is 0 Å². The number of benzene rings is 1. The second-order valence-electron chi connectivity index (χ2n) is 4.58. The predicted octanol–water partition coefficient (Wildman–Crippen LogP) is 3.81. The molecule has 4 nitrogen and oxygen atoms in total. The highest BCUT2D eigenvalue weighted by atomic mass is 32.1. The van der Waals surface area contributed by atoms with E-state index in [4.69, 9.17) is 4.74 Å². The molecule has 1 aromatic heterocycles. The SMILES string of the molecule is CCCNc1nsnc1-c1cccc(OC(C)C)c1. The van der Waals surface area contributed by atoms with Gasteiger partial charge in [0.05, 0.1) is 17.8 Å².